The normalized spacial score (nSPS) is 11.3. The van der Waals surface area contributed by atoms with E-state index in [1.54, 1.807) is 33.0 Å². The molecule has 0 radical (unpaired) electrons. The van der Waals surface area contributed by atoms with Crippen molar-refractivity contribution < 1.29 is 14.8 Å². The Kier molecular flexibility index (Phi) is 4.63. The first-order valence-electron chi connectivity index (χ1n) is 5.60. The van der Waals surface area contributed by atoms with Crippen LogP contribution in [0.4, 0.5) is 5.69 Å². The molecule has 0 aliphatic carbocycles. The highest BCUT2D eigenvalue weighted by atomic mass is 16.6. The van der Waals surface area contributed by atoms with E-state index in [2.05, 4.69) is 5.32 Å². The molecule has 0 unspecified atom stereocenters. The van der Waals surface area contributed by atoms with Crippen LogP contribution in [-0.2, 0) is 6.54 Å². The van der Waals surface area contributed by atoms with Gasteiger partial charge in [0.15, 0.2) is 5.75 Å². The smallest absolute Gasteiger partial charge is 0.311 e. The lowest BCUT2D eigenvalue weighted by atomic mass is 10.1. The van der Waals surface area contributed by atoms with Crippen LogP contribution < -0.4 is 10.1 Å². The van der Waals surface area contributed by atoms with Crippen LogP contribution in [0.1, 0.15) is 19.4 Å². The molecule has 0 aliphatic heterocycles. The third-order valence-electron chi connectivity index (χ3n) is 2.18. The van der Waals surface area contributed by atoms with Crippen molar-refractivity contribution in [2.45, 2.75) is 26.0 Å². The number of hydrogen-bond acceptors (Lipinski definition) is 5. The Bertz CT molecular complexity index is 427. The van der Waals surface area contributed by atoms with E-state index in [9.17, 15) is 15.2 Å². The number of nitro groups is 1. The number of nitrogens with one attached hydrogen (secondary N) is 1. The number of ether oxygens (including phenoxy) is 1. The van der Waals surface area contributed by atoms with Crippen molar-refractivity contribution in [3.05, 3.63) is 33.9 Å². The molecule has 6 heteroatoms. The van der Waals surface area contributed by atoms with Crippen molar-refractivity contribution in [2.75, 3.05) is 13.7 Å². The lowest BCUT2D eigenvalue weighted by Crippen LogP contribution is -2.28. The summed E-state index contributed by atoms with van der Waals surface area (Å²) in [4.78, 5) is 10.5. The zero-order chi connectivity index (χ0) is 13.8. The van der Waals surface area contributed by atoms with E-state index in [1.807, 2.05) is 0 Å². The molecule has 1 rings (SSSR count). The van der Waals surface area contributed by atoms with Crippen LogP contribution in [-0.4, -0.2) is 29.3 Å². The molecular weight excluding hydrogens is 236 g/mol. The zero-order valence-electron chi connectivity index (χ0n) is 10.8. The van der Waals surface area contributed by atoms with E-state index in [0.717, 1.165) is 5.56 Å². The van der Waals surface area contributed by atoms with E-state index in [-0.39, 0.29) is 18.0 Å². The molecule has 2 N–H and O–H groups in total. The van der Waals surface area contributed by atoms with Crippen molar-refractivity contribution in [1.82, 2.24) is 5.32 Å². The highest BCUT2D eigenvalue weighted by Gasteiger charge is 2.19. The van der Waals surface area contributed by atoms with E-state index in [0.29, 0.717) is 6.54 Å². The van der Waals surface area contributed by atoms with Gasteiger partial charge >= 0.3 is 5.69 Å². The predicted octanol–water partition coefficient (Wildman–Crippen LogP) is 1.46. The minimum atomic E-state index is -1.03. The molecule has 18 heavy (non-hydrogen) atoms. The molecule has 1 aromatic rings. The fourth-order valence-electron chi connectivity index (χ4n) is 1.40. The Balaban J connectivity index is 2.93. The standard InChI is InChI=1S/C12H18N2O4/c1-12(2,15)8-18-11-5-4-9(7-13-3)6-10(11)14(16)17/h4-6,13,15H,7-8H2,1-3H3. The van der Waals surface area contributed by atoms with Gasteiger partial charge in [0.25, 0.3) is 0 Å². The van der Waals surface area contributed by atoms with Crippen LogP contribution in [0, 0.1) is 10.1 Å². The van der Waals surface area contributed by atoms with Crippen molar-refractivity contribution >= 4 is 5.69 Å². The summed E-state index contributed by atoms with van der Waals surface area (Å²) in [5, 5.41) is 23.4. The second-order valence-electron chi connectivity index (χ2n) is 4.69. The largest absolute Gasteiger partial charge is 0.484 e. The van der Waals surface area contributed by atoms with Gasteiger partial charge in [0.2, 0.25) is 0 Å². The van der Waals surface area contributed by atoms with Crippen LogP contribution in [0.2, 0.25) is 0 Å². The summed E-state index contributed by atoms with van der Waals surface area (Å²) in [7, 11) is 1.77. The summed E-state index contributed by atoms with van der Waals surface area (Å²) < 4.78 is 5.28. The fraction of sp³-hybridized carbons (Fsp3) is 0.500. The Morgan fingerprint density at radius 2 is 2.17 bits per heavy atom. The molecule has 0 heterocycles. The summed E-state index contributed by atoms with van der Waals surface area (Å²) in [5.41, 5.74) is -0.316. The SMILES string of the molecule is CNCc1ccc(OCC(C)(C)O)c([N+](=O)[O-])c1. The average Bonchev–Trinajstić information content (AvgIpc) is 2.26. The van der Waals surface area contributed by atoms with Gasteiger partial charge in [-0.2, -0.15) is 0 Å². The third kappa shape index (κ3) is 4.31. The summed E-state index contributed by atoms with van der Waals surface area (Å²) in [5.74, 6) is 0.168. The van der Waals surface area contributed by atoms with Crippen molar-refractivity contribution in [2.24, 2.45) is 0 Å². The van der Waals surface area contributed by atoms with Crippen molar-refractivity contribution in [1.29, 1.82) is 0 Å². The Morgan fingerprint density at radius 3 is 2.67 bits per heavy atom. The highest BCUT2D eigenvalue weighted by molar-refractivity contribution is 5.48. The summed E-state index contributed by atoms with van der Waals surface area (Å²) in [6.07, 6.45) is 0. The molecule has 0 spiro atoms. The van der Waals surface area contributed by atoms with E-state index in [1.165, 1.54) is 6.07 Å². The van der Waals surface area contributed by atoms with Crippen molar-refractivity contribution in [3.8, 4) is 5.75 Å². The third-order valence-corrected chi connectivity index (χ3v) is 2.18. The second-order valence-corrected chi connectivity index (χ2v) is 4.69. The molecule has 0 amide bonds. The minimum absolute atomic E-state index is 0.000779. The zero-order valence-corrected chi connectivity index (χ0v) is 10.8. The molecule has 0 bridgehead atoms. The maximum absolute atomic E-state index is 10.9. The van der Waals surface area contributed by atoms with Crippen molar-refractivity contribution in [3.63, 3.8) is 0 Å². The van der Waals surface area contributed by atoms with E-state index < -0.39 is 10.5 Å². The van der Waals surface area contributed by atoms with E-state index >= 15 is 0 Å². The molecule has 100 valence electrons. The Morgan fingerprint density at radius 1 is 1.50 bits per heavy atom. The maximum atomic E-state index is 10.9. The van der Waals surface area contributed by atoms with Gasteiger partial charge in [0, 0.05) is 12.6 Å². The van der Waals surface area contributed by atoms with Gasteiger partial charge < -0.3 is 15.2 Å². The Hall–Kier alpha value is -1.66. The number of rotatable bonds is 6. The Labute approximate surface area is 106 Å². The molecule has 1 aromatic carbocycles. The maximum Gasteiger partial charge on any atom is 0.311 e. The predicted molar refractivity (Wildman–Crippen MR) is 67.7 cm³/mol. The first-order valence-corrected chi connectivity index (χ1v) is 5.60. The first kappa shape index (κ1) is 14.4. The molecule has 0 saturated heterocycles. The molecule has 0 fully saturated rings. The van der Waals surface area contributed by atoms with Crippen LogP contribution in [0.5, 0.6) is 5.75 Å². The van der Waals surface area contributed by atoms with Gasteiger partial charge in [0.1, 0.15) is 6.61 Å². The van der Waals surface area contributed by atoms with Gasteiger partial charge in [-0.1, -0.05) is 6.07 Å². The topological polar surface area (TPSA) is 84.6 Å². The minimum Gasteiger partial charge on any atom is -0.484 e. The highest BCUT2D eigenvalue weighted by Crippen LogP contribution is 2.28. The monoisotopic (exact) mass is 254 g/mol. The number of benzene rings is 1. The lowest BCUT2D eigenvalue weighted by molar-refractivity contribution is -0.386. The number of aliphatic hydroxyl groups is 1. The van der Waals surface area contributed by atoms with Crippen LogP contribution in [0.15, 0.2) is 18.2 Å². The van der Waals surface area contributed by atoms with Crippen LogP contribution in [0.3, 0.4) is 0 Å². The van der Waals surface area contributed by atoms with Gasteiger partial charge in [-0.25, -0.2) is 0 Å². The average molecular weight is 254 g/mol. The summed E-state index contributed by atoms with van der Waals surface area (Å²) >= 11 is 0. The van der Waals surface area contributed by atoms with Gasteiger partial charge in [-0.05, 0) is 32.5 Å². The molecule has 0 atom stereocenters. The number of nitro benzene ring substituents is 1. The molecular formula is C12H18N2O4. The van der Waals surface area contributed by atoms with Crippen LogP contribution >= 0.6 is 0 Å². The quantitative estimate of drug-likeness (QED) is 0.593. The fourth-order valence-corrected chi connectivity index (χ4v) is 1.40. The van der Waals surface area contributed by atoms with Gasteiger partial charge in [-0.15, -0.1) is 0 Å². The number of nitrogens with zero attached hydrogens (tertiary/aromatic N) is 1. The van der Waals surface area contributed by atoms with E-state index in [4.69, 9.17) is 4.74 Å². The molecule has 0 aromatic heterocycles. The molecule has 6 nitrogen and oxygen atoms in total. The summed E-state index contributed by atoms with van der Waals surface area (Å²) in [6.45, 7) is 3.70. The van der Waals surface area contributed by atoms with Gasteiger partial charge in [0.05, 0.1) is 10.5 Å². The first-order chi connectivity index (χ1) is 8.33. The van der Waals surface area contributed by atoms with Gasteiger partial charge in [-0.3, -0.25) is 10.1 Å². The second kappa shape index (κ2) is 5.79. The molecule has 0 saturated carbocycles. The summed E-state index contributed by atoms with van der Waals surface area (Å²) in [6, 6.07) is 4.77. The number of hydrogen-bond donors (Lipinski definition) is 2. The lowest BCUT2D eigenvalue weighted by Gasteiger charge is -2.17. The van der Waals surface area contributed by atoms with Crippen LogP contribution in [0.25, 0.3) is 0 Å². The molecule has 0 aliphatic rings.